The van der Waals surface area contributed by atoms with Gasteiger partial charge in [-0.1, -0.05) is 13.8 Å². The van der Waals surface area contributed by atoms with Crippen LogP contribution in [-0.4, -0.2) is 11.6 Å². The SMILES string of the molecule is C[C@@]12CCC(=O)C[C@@H]1CC[C@H]1[C@H]2CC[C@]2(C)C(=O)CC[C@H]12. The summed E-state index contributed by atoms with van der Waals surface area (Å²) >= 11 is 0. The van der Waals surface area contributed by atoms with Crippen molar-refractivity contribution in [3.8, 4) is 0 Å². The number of Topliss-reactive ketones (excluding diaryl/α,β-unsaturated/α-hetero) is 2. The van der Waals surface area contributed by atoms with Crippen molar-refractivity contribution in [1.29, 1.82) is 0 Å². The maximum atomic E-state index is 12.4. The minimum absolute atomic E-state index is 0.00511. The minimum Gasteiger partial charge on any atom is -0.300 e. The Morgan fingerprint density at radius 2 is 1.71 bits per heavy atom. The van der Waals surface area contributed by atoms with Crippen molar-refractivity contribution >= 4 is 11.6 Å². The van der Waals surface area contributed by atoms with Gasteiger partial charge < -0.3 is 0 Å². The third-order valence-electron chi connectivity index (χ3n) is 8.19. The first kappa shape index (κ1) is 14.0. The van der Waals surface area contributed by atoms with Gasteiger partial charge in [-0.2, -0.15) is 0 Å². The molecule has 0 amide bonds. The number of hydrogen-bond donors (Lipinski definition) is 0. The fourth-order valence-corrected chi connectivity index (χ4v) is 6.82. The van der Waals surface area contributed by atoms with E-state index in [1.807, 2.05) is 0 Å². The van der Waals surface area contributed by atoms with Gasteiger partial charge in [0.25, 0.3) is 0 Å². The van der Waals surface area contributed by atoms with Gasteiger partial charge in [0.2, 0.25) is 0 Å². The second kappa shape index (κ2) is 4.43. The zero-order chi connectivity index (χ0) is 14.8. The summed E-state index contributed by atoms with van der Waals surface area (Å²) < 4.78 is 0. The minimum atomic E-state index is -0.00511. The molecule has 4 aliphatic carbocycles. The van der Waals surface area contributed by atoms with Crippen LogP contribution in [0.25, 0.3) is 0 Å². The van der Waals surface area contributed by atoms with Crippen LogP contribution in [0.3, 0.4) is 0 Å². The molecule has 4 saturated carbocycles. The Balaban J connectivity index is 1.65. The summed E-state index contributed by atoms with van der Waals surface area (Å²) in [4.78, 5) is 24.2. The molecule has 4 aliphatic rings. The summed E-state index contributed by atoms with van der Waals surface area (Å²) in [5.74, 6) is 3.82. The van der Waals surface area contributed by atoms with Crippen molar-refractivity contribution in [2.75, 3.05) is 0 Å². The zero-order valence-corrected chi connectivity index (χ0v) is 13.5. The molecule has 0 bridgehead atoms. The lowest BCUT2D eigenvalue weighted by atomic mass is 9.45. The Bertz CT molecular complexity index is 496. The van der Waals surface area contributed by atoms with Crippen LogP contribution in [0.1, 0.15) is 71.6 Å². The average Bonchev–Trinajstić information content (AvgIpc) is 2.76. The highest BCUT2D eigenvalue weighted by Crippen LogP contribution is 2.65. The van der Waals surface area contributed by atoms with Crippen molar-refractivity contribution in [1.82, 2.24) is 0 Å². The molecular weight excluding hydrogens is 260 g/mol. The predicted octanol–water partition coefficient (Wildman–Crippen LogP) is 4.17. The topological polar surface area (TPSA) is 34.1 Å². The van der Waals surface area contributed by atoms with E-state index in [-0.39, 0.29) is 5.41 Å². The number of ketones is 2. The van der Waals surface area contributed by atoms with Crippen molar-refractivity contribution in [3.05, 3.63) is 0 Å². The van der Waals surface area contributed by atoms with Gasteiger partial charge in [-0.3, -0.25) is 9.59 Å². The lowest BCUT2D eigenvalue weighted by molar-refractivity contribution is -0.144. The predicted molar refractivity (Wildman–Crippen MR) is 81.7 cm³/mol. The molecular formula is C19H28O2. The van der Waals surface area contributed by atoms with Crippen molar-refractivity contribution in [2.45, 2.75) is 71.6 Å². The molecule has 0 unspecified atom stereocenters. The summed E-state index contributed by atoms with van der Waals surface area (Å²) in [6.45, 7) is 4.72. The molecule has 0 saturated heterocycles. The molecule has 2 heteroatoms. The van der Waals surface area contributed by atoms with Gasteiger partial charge in [0.15, 0.2) is 0 Å². The fourth-order valence-electron chi connectivity index (χ4n) is 6.82. The van der Waals surface area contributed by atoms with Crippen LogP contribution in [0, 0.1) is 34.5 Å². The van der Waals surface area contributed by atoms with E-state index in [1.165, 1.54) is 19.3 Å². The molecule has 4 fully saturated rings. The Hall–Kier alpha value is -0.660. The maximum absolute atomic E-state index is 12.4. The first-order valence-corrected chi connectivity index (χ1v) is 9.00. The molecule has 0 radical (unpaired) electrons. The highest BCUT2D eigenvalue weighted by atomic mass is 16.1. The van der Waals surface area contributed by atoms with Crippen LogP contribution in [0.2, 0.25) is 0 Å². The van der Waals surface area contributed by atoms with Crippen molar-refractivity contribution in [2.24, 2.45) is 34.5 Å². The largest absolute Gasteiger partial charge is 0.300 e. The summed E-state index contributed by atoms with van der Waals surface area (Å²) in [6.07, 6.45) is 9.53. The van der Waals surface area contributed by atoms with E-state index in [4.69, 9.17) is 0 Å². The number of rotatable bonds is 0. The Labute approximate surface area is 128 Å². The van der Waals surface area contributed by atoms with Gasteiger partial charge in [0.1, 0.15) is 11.6 Å². The van der Waals surface area contributed by atoms with Crippen LogP contribution in [0.4, 0.5) is 0 Å². The Kier molecular flexibility index (Phi) is 2.94. The lowest BCUT2D eigenvalue weighted by Gasteiger charge is -2.59. The molecule has 21 heavy (non-hydrogen) atoms. The van der Waals surface area contributed by atoms with E-state index < -0.39 is 0 Å². The average molecular weight is 288 g/mol. The summed E-state index contributed by atoms with van der Waals surface area (Å²) in [5.41, 5.74) is 0.374. The molecule has 6 atom stereocenters. The molecule has 0 N–H and O–H groups in total. The van der Waals surface area contributed by atoms with Gasteiger partial charge in [0.05, 0.1) is 0 Å². The second-order valence-corrected chi connectivity index (χ2v) is 8.82. The third kappa shape index (κ3) is 1.77. The standard InChI is InChI=1S/C19H28O2/c1-18-9-7-13(20)11-12(18)3-4-14-15-5-6-17(21)19(15,2)10-8-16(14)18/h12,14-16H,3-11H2,1-2H3/t12-,14+,15+,16+,18+,19-/m0/s1. The van der Waals surface area contributed by atoms with Crippen LogP contribution in [0.5, 0.6) is 0 Å². The molecule has 2 nitrogen and oxygen atoms in total. The number of fused-ring (bicyclic) bond motifs is 5. The van der Waals surface area contributed by atoms with Gasteiger partial charge in [0, 0.05) is 24.7 Å². The molecule has 0 aromatic carbocycles. The van der Waals surface area contributed by atoms with Crippen molar-refractivity contribution in [3.63, 3.8) is 0 Å². The first-order chi connectivity index (χ1) is 9.95. The van der Waals surface area contributed by atoms with E-state index in [2.05, 4.69) is 13.8 Å². The quantitative estimate of drug-likeness (QED) is 0.670. The molecule has 0 aromatic rings. The molecule has 4 rings (SSSR count). The zero-order valence-electron chi connectivity index (χ0n) is 13.5. The van der Waals surface area contributed by atoms with Gasteiger partial charge in [-0.25, -0.2) is 0 Å². The maximum Gasteiger partial charge on any atom is 0.139 e. The molecule has 0 aliphatic heterocycles. The molecule has 116 valence electrons. The van der Waals surface area contributed by atoms with E-state index in [0.29, 0.717) is 28.8 Å². The number of hydrogen-bond acceptors (Lipinski definition) is 2. The van der Waals surface area contributed by atoms with Gasteiger partial charge in [-0.15, -0.1) is 0 Å². The van der Waals surface area contributed by atoms with Crippen LogP contribution in [-0.2, 0) is 9.59 Å². The normalized spacial score (nSPS) is 53.0. The fraction of sp³-hybridized carbons (Fsp3) is 0.895. The summed E-state index contributed by atoms with van der Waals surface area (Å²) in [7, 11) is 0. The highest BCUT2D eigenvalue weighted by molar-refractivity contribution is 5.87. The molecule has 0 heterocycles. The van der Waals surface area contributed by atoms with Gasteiger partial charge in [-0.05, 0) is 67.6 Å². The Morgan fingerprint density at radius 1 is 0.905 bits per heavy atom. The smallest absolute Gasteiger partial charge is 0.139 e. The second-order valence-electron chi connectivity index (χ2n) is 8.82. The van der Waals surface area contributed by atoms with E-state index in [0.717, 1.165) is 50.4 Å². The third-order valence-corrected chi connectivity index (χ3v) is 8.19. The summed E-state index contributed by atoms with van der Waals surface area (Å²) in [6, 6.07) is 0. The first-order valence-electron chi connectivity index (χ1n) is 9.00. The molecule has 0 spiro atoms. The van der Waals surface area contributed by atoms with E-state index in [1.54, 1.807) is 0 Å². The van der Waals surface area contributed by atoms with Crippen LogP contribution >= 0.6 is 0 Å². The molecule has 0 aromatic heterocycles. The monoisotopic (exact) mass is 288 g/mol. The summed E-state index contributed by atoms with van der Waals surface area (Å²) in [5, 5.41) is 0. The number of carbonyl (C=O) groups excluding carboxylic acids is 2. The van der Waals surface area contributed by atoms with Gasteiger partial charge >= 0.3 is 0 Å². The lowest BCUT2D eigenvalue weighted by Crippen LogP contribution is -2.53. The number of carbonyl (C=O) groups is 2. The van der Waals surface area contributed by atoms with E-state index in [9.17, 15) is 9.59 Å². The highest BCUT2D eigenvalue weighted by Gasteiger charge is 2.60. The van der Waals surface area contributed by atoms with E-state index >= 15 is 0 Å². The van der Waals surface area contributed by atoms with Crippen LogP contribution in [0.15, 0.2) is 0 Å². The van der Waals surface area contributed by atoms with Crippen LogP contribution < -0.4 is 0 Å². The Morgan fingerprint density at radius 3 is 2.52 bits per heavy atom. The van der Waals surface area contributed by atoms with Crippen molar-refractivity contribution < 1.29 is 9.59 Å².